The highest BCUT2D eigenvalue weighted by atomic mass is 35.5. The molecule has 1 aromatic heterocycles. The van der Waals surface area contributed by atoms with Crippen molar-refractivity contribution in [3.63, 3.8) is 0 Å². The lowest BCUT2D eigenvalue weighted by molar-refractivity contribution is 0.282. The molecule has 1 aromatic rings. The number of imidazole rings is 1. The van der Waals surface area contributed by atoms with E-state index in [4.69, 9.17) is 11.6 Å². The normalized spacial score (nSPS) is 26.0. The van der Waals surface area contributed by atoms with Crippen LogP contribution in [0, 0.1) is 12.8 Å². The number of nitrogens with zero attached hydrogens (tertiary/aromatic N) is 2. The van der Waals surface area contributed by atoms with Crippen LogP contribution in [0.25, 0.3) is 0 Å². The summed E-state index contributed by atoms with van der Waals surface area (Å²) in [4.78, 5) is 4.27. The van der Waals surface area contributed by atoms with Crippen LogP contribution in [0.2, 0.25) is 0 Å². The number of halogens is 2. The second-order valence-corrected chi connectivity index (χ2v) is 4.53. The zero-order chi connectivity index (χ0) is 9.97. The molecule has 2 rings (SSSR count). The first kappa shape index (κ1) is 12.9. The Balaban J connectivity index is 0.00000112. The van der Waals surface area contributed by atoms with Crippen LogP contribution in [0.3, 0.4) is 0 Å². The van der Waals surface area contributed by atoms with Crippen molar-refractivity contribution in [3.05, 3.63) is 18.2 Å². The highest BCUT2D eigenvalue weighted by molar-refractivity contribution is 6.18. The summed E-state index contributed by atoms with van der Waals surface area (Å²) < 4.78 is 2.30. The third-order valence-corrected chi connectivity index (χ3v) is 3.67. The van der Waals surface area contributed by atoms with Gasteiger partial charge in [-0.3, -0.25) is 0 Å². The lowest BCUT2D eigenvalue weighted by Crippen LogP contribution is -2.20. The fraction of sp³-hybridized carbons (Fsp3) is 0.727. The molecule has 15 heavy (non-hydrogen) atoms. The zero-order valence-corrected chi connectivity index (χ0v) is 10.6. The van der Waals surface area contributed by atoms with Gasteiger partial charge < -0.3 is 4.57 Å². The molecule has 0 spiro atoms. The van der Waals surface area contributed by atoms with E-state index in [1.165, 1.54) is 25.7 Å². The summed E-state index contributed by atoms with van der Waals surface area (Å²) in [5.41, 5.74) is 0. The smallest absolute Gasteiger partial charge is 0.105 e. The Kier molecular flexibility index (Phi) is 4.94. The molecule has 1 fully saturated rings. The quantitative estimate of drug-likeness (QED) is 0.732. The summed E-state index contributed by atoms with van der Waals surface area (Å²) in [6.45, 7) is 2.07. The average Bonchev–Trinajstić information content (AvgIpc) is 2.65. The molecule has 1 saturated carbocycles. The van der Waals surface area contributed by atoms with Crippen molar-refractivity contribution >= 4 is 24.0 Å². The fourth-order valence-corrected chi connectivity index (χ4v) is 2.71. The van der Waals surface area contributed by atoms with Crippen molar-refractivity contribution in [1.82, 2.24) is 9.55 Å². The molecule has 86 valence electrons. The SMILES string of the molecule is Cc1nccn1C1CCCC(CCl)C1.Cl. The standard InChI is InChI=1S/C11H17ClN2.ClH/c1-9-13-5-6-14(9)11-4-2-3-10(7-11)8-12;/h5-6,10-11H,2-4,7-8H2,1H3;1H. The first-order valence-electron chi connectivity index (χ1n) is 5.36. The first-order valence-corrected chi connectivity index (χ1v) is 5.90. The van der Waals surface area contributed by atoms with Gasteiger partial charge in [-0.15, -0.1) is 24.0 Å². The summed E-state index contributed by atoms with van der Waals surface area (Å²) in [5.74, 6) is 2.65. The Bertz CT molecular complexity index is 299. The second-order valence-electron chi connectivity index (χ2n) is 4.22. The summed E-state index contributed by atoms with van der Waals surface area (Å²) in [6.07, 6.45) is 9.09. The molecule has 1 aliphatic carbocycles. The van der Waals surface area contributed by atoms with Gasteiger partial charge in [-0.2, -0.15) is 0 Å². The van der Waals surface area contributed by atoms with Crippen LogP contribution in [0.15, 0.2) is 12.4 Å². The number of alkyl halides is 1. The number of aromatic nitrogens is 2. The molecule has 1 aliphatic rings. The van der Waals surface area contributed by atoms with Crippen LogP contribution < -0.4 is 0 Å². The lowest BCUT2D eigenvalue weighted by atomic mass is 9.87. The third-order valence-electron chi connectivity index (χ3n) is 3.23. The van der Waals surface area contributed by atoms with E-state index in [1.807, 2.05) is 6.20 Å². The Hall–Kier alpha value is -0.210. The van der Waals surface area contributed by atoms with E-state index in [0.717, 1.165) is 11.7 Å². The third kappa shape index (κ3) is 2.88. The van der Waals surface area contributed by atoms with Crippen molar-refractivity contribution < 1.29 is 0 Å². The molecule has 2 nitrogen and oxygen atoms in total. The topological polar surface area (TPSA) is 17.8 Å². The number of aryl methyl sites for hydroxylation is 1. The summed E-state index contributed by atoms with van der Waals surface area (Å²) >= 11 is 5.92. The molecule has 0 aliphatic heterocycles. The second kappa shape index (κ2) is 5.76. The van der Waals surface area contributed by atoms with Crippen molar-refractivity contribution in [1.29, 1.82) is 0 Å². The van der Waals surface area contributed by atoms with Gasteiger partial charge in [0.1, 0.15) is 5.82 Å². The van der Waals surface area contributed by atoms with E-state index in [-0.39, 0.29) is 12.4 Å². The molecule has 0 radical (unpaired) electrons. The maximum Gasteiger partial charge on any atom is 0.105 e. The van der Waals surface area contributed by atoms with Crippen molar-refractivity contribution in [2.75, 3.05) is 5.88 Å². The molecule has 1 heterocycles. The number of hydrogen-bond donors (Lipinski definition) is 0. The van der Waals surface area contributed by atoms with Gasteiger partial charge in [-0.05, 0) is 32.1 Å². The van der Waals surface area contributed by atoms with Gasteiger partial charge in [0.05, 0.1) is 0 Å². The molecule has 2 unspecified atom stereocenters. The Morgan fingerprint density at radius 1 is 1.53 bits per heavy atom. The van der Waals surface area contributed by atoms with E-state index in [2.05, 4.69) is 22.7 Å². The van der Waals surface area contributed by atoms with Crippen LogP contribution in [0.4, 0.5) is 0 Å². The van der Waals surface area contributed by atoms with Gasteiger partial charge in [0.15, 0.2) is 0 Å². The van der Waals surface area contributed by atoms with Crippen LogP contribution in [-0.2, 0) is 0 Å². The highest BCUT2D eigenvalue weighted by Crippen LogP contribution is 2.33. The van der Waals surface area contributed by atoms with E-state index in [0.29, 0.717) is 12.0 Å². The molecule has 4 heteroatoms. The monoisotopic (exact) mass is 248 g/mol. The minimum absolute atomic E-state index is 0. The van der Waals surface area contributed by atoms with Gasteiger partial charge in [0.25, 0.3) is 0 Å². The predicted molar refractivity (Wildman–Crippen MR) is 65.9 cm³/mol. The van der Waals surface area contributed by atoms with Crippen molar-refractivity contribution in [2.24, 2.45) is 5.92 Å². The van der Waals surface area contributed by atoms with Crippen LogP contribution >= 0.6 is 24.0 Å². The number of hydrogen-bond acceptors (Lipinski definition) is 1. The molecule has 0 bridgehead atoms. The number of rotatable bonds is 2. The fourth-order valence-electron chi connectivity index (χ4n) is 2.43. The van der Waals surface area contributed by atoms with Crippen LogP contribution in [0.5, 0.6) is 0 Å². The summed E-state index contributed by atoms with van der Waals surface area (Å²) in [7, 11) is 0. The van der Waals surface area contributed by atoms with Gasteiger partial charge in [0.2, 0.25) is 0 Å². The largest absolute Gasteiger partial charge is 0.332 e. The van der Waals surface area contributed by atoms with E-state index < -0.39 is 0 Å². The van der Waals surface area contributed by atoms with Gasteiger partial charge in [-0.1, -0.05) is 6.42 Å². The first-order chi connectivity index (χ1) is 6.81. The Labute approximate surface area is 102 Å². The highest BCUT2D eigenvalue weighted by Gasteiger charge is 2.22. The van der Waals surface area contributed by atoms with Gasteiger partial charge >= 0.3 is 0 Å². The molecule has 2 atom stereocenters. The molecular formula is C11H18Cl2N2. The minimum atomic E-state index is 0. The zero-order valence-electron chi connectivity index (χ0n) is 9.03. The minimum Gasteiger partial charge on any atom is -0.332 e. The van der Waals surface area contributed by atoms with Crippen molar-refractivity contribution in [3.8, 4) is 0 Å². The van der Waals surface area contributed by atoms with Gasteiger partial charge in [-0.25, -0.2) is 4.98 Å². The summed E-state index contributed by atoms with van der Waals surface area (Å²) in [6, 6.07) is 0.634. The molecular weight excluding hydrogens is 231 g/mol. The predicted octanol–water partition coefficient (Wildman–Crippen LogP) is 3.58. The van der Waals surface area contributed by atoms with E-state index in [9.17, 15) is 0 Å². The lowest BCUT2D eigenvalue weighted by Gasteiger charge is -2.29. The average molecular weight is 249 g/mol. The molecule has 0 aromatic carbocycles. The van der Waals surface area contributed by atoms with E-state index in [1.54, 1.807) is 0 Å². The van der Waals surface area contributed by atoms with Crippen molar-refractivity contribution in [2.45, 2.75) is 38.6 Å². The van der Waals surface area contributed by atoms with Gasteiger partial charge in [0, 0.05) is 24.3 Å². The molecule has 0 saturated heterocycles. The maximum atomic E-state index is 5.92. The van der Waals surface area contributed by atoms with E-state index >= 15 is 0 Å². The summed E-state index contributed by atoms with van der Waals surface area (Å²) in [5, 5.41) is 0. The Morgan fingerprint density at radius 3 is 2.93 bits per heavy atom. The molecule has 0 amide bonds. The molecule has 0 N–H and O–H groups in total. The maximum absolute atomic E-state index is 5.92. The van der Waals surface area contributed by atoms with Crippen LogP contribution in [-0.4, -0.2) is 15.4 Å². The Morgan fingerprint density at radius 2 is 2.33 bits per heavy atom. The van der Waals surface area contributed by atoms with Crippen LogP contribution in [0.1, 0.15) is 37.5 Å².